The van der Waals surface area contributed by atoms with Gasteiger partial charge in [0.05, 0.1) is 11.1 Å². The predicted octanol–water partition coefficient (Wildman–Crippen LogP) is 5.26. The van der Waals surface area contributed by atoms with Crippen molar-refractivity contribution in [2.24, 2.45) is 5.92 Å². The number of rotatable bonds is 8. The molecule has 5 nitrogen and oxygen atoms in total. The second-order valence-electron chi connectivity index (χ2n) is 7.34. The molecule has 2 aromatic rings. The van der Waals surface area contributed by atoms with Crippen molar-refractivity contribution in [3.63, 3.8) is 0 Å². The lowest BCUT2D eigenvalue weighted by Gasteiger charge is -2.12. The molecule has 0 aromatic heterocycles. The summed E-state index contributed by atoms with van der Waals surface area (Å²) in [6.45, 7) is 8.73. The van der Waals surface area contributed by atoms with Gasteiger partial charge in [-0.15, -0.1) is 0 Å². The third kappa shape index (κ3) is 6.68. The molecule has 150 valence electrons. The first-order valence-electron chi connectivity index (χ1n) is 9.41. The summed E-state index contributed by atoms with van der Waals surface area (Å²) in [7, 11) is 0. The Labute approximate surface area is 175 Å². The van der Waals surface area contributed by atoms with Crippen LogP contribution in [0, 0.1) is 5.92 Å². The van der Waals surface area contributed by atoms with E-state index >= 15 is 0 Å². The molecule has 0 radical (unpaired) electrons. The quantitative estimate of drug-likeness (QED) is 0.580. The molecule has 0 saturated carbocycles. The molecule has 28 heavy (non-hydrogen) atoms. The Morgan fingerprint density at radius 3 is 2.36 bits per heavy atom. The fraction of sp³-hybridized carbons (Fsp3) is 0.364. The van der Waals surface area contributed by atoms with Gasteiger partial charge in [0.25, 0.3) is 11.8 Å². The topological polar surface area (TPSA) is 67.4 Å². The van der Waals surface area contributed by atoms with Gasteiger partial charge in [0.15, 0.2) is 0 Å². The smallest absolute Gasteiger partial charge is 0.255 e. The van der Waals surface area contributed by atoms with Crippen LogP contribution in [0.4, 0.5) is 5.69 Å². The normalized spacial score (nSPS) is 10.8. The molecule has 2 aromatic carbocycles. The molecule has 0 heterocycles. The van der Waals surface area contributed by atoms with E-state index in [4.69, 9.17) is 4.74 Å². The first-order chi connectivity index (χ1) is 13.3. The number of ether oxygens (including phenoxy) is 1. The van der Waals surface area contributed by atoms with Crippen LogP contribution >= 0.6 is 15.9 Å². The van der Waals surface area contributed by atoms with Gasteiger partial charge in [0.1, 0.15) is 5.75 Å². The Balaban J connectivity index is 2.04. The minimum atomic E-state index is -0.254. The van der Waals surface area contributed by atoms with Crippen molar-refractivity contribution in [3.05, 3.63) is 58.1 Å². The van der Waals surface area contributed by atoms with Gasteiger partial charge in [-0.3, -0.25) is 9.59 Å². The molecule has 0 aliphatic rings. The summed E-state index contributed by atoms with van der Waals surface area (Å²) < 4.78 is 6.48. The standard InChI is InChI=1S/C22H27BrN2O3/c1-14(2)10-11-28-20-9-8-17(13-19(20)23)22(27)25-18-7-5-6-16(12-18)21(26)24-15(3)4/h5-9,12-15H,10-11H2,1-4H3,(H,24,26)(H,25,27). The maximum absolute atomic E-state index is 12.6. The Morgan fingerprint density at radius 1 is 1.00 bits per heavy atom. The van der Waals surface area contributed by atoms with E-state index in [1.54, 1.807) is 42.5 Å². The maximum Gasteiger partial charge on any atom is 0.255 e. The van der Waals surface area contributed by atoms with Gasteiger partial charge >= 0.3 is 0 Å². The minimum Gasteiger partial charge on any atom is -0.492 e. The second kappa shape index (κ2) is 10.3. The molecule has 0 aliphatic carbocycles. The molecule has 0 bridgehead atoms. The number of halogens is 1. The lowest BCUT2D eigenvalue weighted by Crippen LogP contribution is -2.30. The predicted molar refractivity (Wildman–Crippen MR) is 116 cm³/mol. The molecular weight excluding hydrogens is 420 g/mol. The third-order valence-electron chi connectivity index (χ3n) is 3.95. The minimum absolute atomic E-state index is 0.0457. The summed E-state index contributed by atoms with van der Waals surface area (Å²) >= 11 is 3.46. The van der Waals surface area contributed by atoms with E-state index in [9.17, 15) is 9.59 Å². The maximum atomic E-state index is 12.6. The molecule has 2 N–H and O–H groups in total. The van der Waals surface area contributed by atoms with Crippen molar-refractivity contribution in [2.75, 3.05) is 11.9 Å². The molecular formula is C22H27BrN2O3. The Kier molecular flexibility index (Phi) is 8.05. The van der Waals surface area contributed by atoms with Crippen LogP contribution < -0.4 is 15.4 Å². The van der Waals surface area contributed by atoms with Crippen LogP contribution in [0.5, 0.6) is 5.75 Å². The third-order valence-corrected chi connectivity index (χ3v) is 4.57. The van der Waals surface area contributed by atoms with Gasteiger partial charge in [-0.25, -0.2) is 0 Å². The van der Waals surface area contributed by atoms with Crippen molar-refractivity contribution < 1.29 is 14.3 Å². The van der Waals surface area contributed by atoms with E-state index in [0.717, 1.165) is 10.9 Å². The van der Waals surface area contributed by atoms with E-state index in [2.05, 4.69) is 40.4 Å². The van der Waals surface area contributed by atoms with Gasteiger partial charge in [0, 0.05) is 22.9 Å². The van der Waals surface area contributed by atoms with E-state index in [0.29, 0.717) is 35.1 Å². The van der Waals surface area contributed by atoms with Gasteiger partial charge in [-0.05, 0) is 78.5 Å². The fourth-order valence-corrected chi connectivity index (χ4v) is 2.94. The molecule has 0 atom stereocenters. The average molecular weight is 447 g/mol. The highest BCUT2D eigenvalue weighted by Gasteiger charge is 2.12. The summed E-state index contributed by atoms with van der Waals surface area (Å²) in [4.78, 5) is 24.7. The van der Waals surface area contributed by atoms with Gasteiger partial charge < -0.3 is 15.4 Å². The number of carbonyl (C=O) groups excluding carboxylic acids is 2. The molecule has 0 unspecified atom stereocenters. The SMILES string of the molecule is CC(C)CCOc1ccc(C(=O)Nc2cccc(C(=O)NC(C)C)c2)cc1Br. The first-order valence-corrected chi connectivity index (χ1v) is 10.2. The average Bonchev–Trinajstić information content (AvgIpc) is 2.62. The van der Waals surface area contributed by atoms with Gasteiger partial charge in [0.2, 0.25) is 0 Å². The van der Waals surface area contributed by atoms with Crippen LogP contribution in [-0.4, -0.2) is 24.5 Å². The van der Waals surface area contributed by atoms with Crippen LogP contribution in [0.3, 0.4) is 0 Å². The summed E-state index contributed by atoms with van der Waals surface area (Å²) in [5.74, 6) is 0.861. The van der Waals surface area contributed by atoms with Crippen molar-refractivity contribution in [1.82, 2.24) is 5.32 Å². The van der Waals surface area contributed by atoms with E-state index in [1.807, 2.05) is 13.8 Å². The summed E-state index contributed by atoms with van der Waals surface area (Å²) in [5, 5.41) is 5.67. The van der Waals surface area contributed by atoms with E-state index in [1.165, 1.54) is 0 Å². The number of hydrogen-bond acceptors (Lipinski definition) is 3. The number of carbonyl (C=O) groups is 2. The number of nitrogens with one attached hydrogen (secondary N) is 2. The lowest BCUT2D eigenvalue weighted by atomic mass is 10.1. The van der Waals surface area contributed by atoms with Crippen molar-refractivity contribution in [3.8, 4) is 5.75 Å². The first kappa shape index (κ1) is 22.0. The summed E-state index contributed by atoms with van der Waals surface area (Å²) in [6, 6.07) is 12.2. The Morgan fingerprint density at radius 2 is 1.71 bits per heavy atom. The molecule has 0 spiro atoms. The Bertz CT molecular complexity index is 834. The van der Waals surface area contributed by atoms with Gasteiger partial charge in [-0.2, -0.15) is 0 Å². The van der Waals surface area contributed by atoms with Crippen LogP contribution in [0.1, 0.15) is 54.8 Å². The van der Waals surface area contributed by atoms with E-state index in [-0.39, 0.29) is 17.9 Å². The zero-order chi connectivity index (χ0) is 20.7. The number of amides is 2. The molecule has 0 fully saturated rings. The van der Waals surface area contributed by atoms with Crippen LogP contribution in [0.25, 0.3) is 0 Å². The number of anilines is 1. The van der Waals surface area contributed by atoms with Gasteiger partial charge in [-0.1, -0.05) is 19.9 Å². The zero-order valence-electron chi connectivity index (χ0n) is 16.7. The molecule has 6 heteroatoms. The highest BCUT2D eigenvalue weighted by Crippen LogP contribution is 2.27. The number of benzene rings is 2. The monoisotopic (exact) mass is 446 g/mol. The second-order valence-corrected chi connectivity index (χ2v) is 8.19. The van der Waals surface area contributed by atoms with Crippen molar-refractivity contribution in [1.29, 1.82) is 0 Å². The highest BCUT2D eigenvalue weighted by atomic mass is 79.9. The van der Waals surface area contributed by atoms with E-state index < -0.39 is 0 Å². The molecule has 2 rings (SSSR count). The van der Waals surface area contributed by atoms with Crippen molar-refractivity contribution >= 4 is 33.4 Å². The highest BCUT2D eigenvalue weighted by molar-refractivity contribution is 9.10. The fourth-order valence-electron chi connectivity index (χ4n) is 2.45. The molecule has 0 aliphatic heterocycles. The summed E-state index contributed by atoms with van der Waals surface area (Å²) in [5.41, 5.74) is 1.57. The largest absolute Gasteiger partial charge is 0.492 e. The molecule has 0 saturated heterocycles. The van der Waals surface area contributed by atoms with Crippen LogP contribution in [-0.2, 0) is 0 Å². The molecule has 2 amide bonds. The zero-order valence-corrected chi connectivity index (χ0v) is 18.3. The number of hydrogen-bond donors (Lipinski definition) is 2. The Hall–Kier alpha value is -2.34. The van der Waals surface area contributed by atoms with Crippen LogP contribution in [0.2, 0.25) is 0 Å². The summed E-state index contributed by atoms with van der Waals surface area (Å²) in [6.07, 6.45) is 0.968. The lowest BCUT2D eigenvalue weighted by molar-refractivity contribution is 0.0941. The van der Waals surface area contributed by atoms with Crippen LogP contribution in [0.15, 0.2) is 46.9 Å². The van der Waals surface area contributed by atoms with Crippen molar-refractivity contribution in [2.45, 2.75) is 40.2 Å².